The van der Waals surface area contributed by atoms with E-state index in [9.17, 15) is 4.79 Å². The summed E-state index contributed by atoms with van der Waals surface area (Å²) in [5, 5.41) is 1.00. The van der Waals surface area contributed by atoms with Crippen LogP contribution in [0.2, 0.25) is 15.1 Å². The number of likely N-dealkylation sites (tertiary alicyclic amines) is 1. The lowest BCUT2D eigenvalue weighted by atomic mass is 10.2. The second-order valence-corrected chi connectivity index (χ2v) is 5.83. The van der Waals surface area contributed by atoms with Gasteiger partial charge in [-0.1, -0.05) is 34.8 Å². The number of nitrogens with zero attached hydrogens (tertiary/aromatic N) is 1. The van der Waals surface area contributed by atoms with E-state index in [-0.39, 0.29) is 18.6 Å². The third-order valence-electron chi connectivity index (χ3n) is 3.30. The zero-order valence-electron chi connectivity index (χ0n) is 10.7. The van der Waals surface area contributed by atoms with Crippen molar-refractivity contribution in [2.45, 2.75) is 18.9 Å². The van der Waals surface area contributed by atoms with Gasteiger partial charge in [0.15, 0.2) is 6.61 Å². The van der Waals surface area contributed by atoms with Crippen LogP contribution in [-0.4, -0.2) is 36.5 Å². The second-order valence-electron chi connectivity index (χ2n) is 4.60. The topological polar surface area (TPSA) is 55.6 Å². The molecule has 1 aromatic carbocycles. The monoisotopic (exact) mass is 336 g/mol. The van der Waals surface area contributed by atoms with Crippen LogP contribution in [0.5, 0.6) is 5.75 Å². The molecule has 0 aliphatic carbocycles. The molecule has 0 radical (unpaired) electrons. The Bertz CT molecular complexity index is 511. The Kier molecular flexibility index (Phi) is 5.38. The SMILES string of the molecule is NCC1CCCN1C(=O)COc1cc(Cl)c(Cl)cc1Cl. The van der Waals surface area contributed by atoms with Gasteiger partial charge in [-0.2, -0.15) is 0 Å². The smallest absolute Gasteiger partial charge is 0.260 e. The highest BCUT2D eigenvalue weighted by atomic mass is 35.5. The van der Waals surface area contributed by atoms with Gasteiger partial charge in [0.25, 0.3) is 5.91 Å². The Hall–Kier alpha value is -0.680. The fourth-order valence-corrected chi connectivity index (χ4v) is 2.84. The van der Waals surface area contributed by atoms with Crippen molar-refractivity contribution in [3.05, 3.63) is 27.2 Å². The van der Waals surface area contributed by atoms with Crippen LogP contribution >= 0.6 is 34.8 Å². The van der Waals surface area contributed by atoms with Gasteiger partial charge in [-0.05, 0) is 18.9 Å². The van der Waals surface area contributed by atoms with E-state index in [0.717, 1.165) is 19.4 Å². The molecule has 1 aliphatic heterocycles. The maximum absolute atomic E-state index is 12.1. The molecule has 1 aromatic rings. The standard InChI is InChI=1S/C13H15Cl3N2O2/c14-9-4-11(16)12(5-10(9)15)20-7-13(19)18-3-1-2-8(18)6-17/h4-5,8H,1-3,6-7,17H2. The van der Waals surface area contributed by atoms with E-state index in [4.69, 9.17) is 45.3 Å². The predicted molar refractivity (Wildman–Crippen MR) is 80.8 cm³/mol. The van der Waals surface area contributed by atoms with E-state index >= 15 is 0 Å². The molecule has 2 N–H and O–H groups in total. The minimum Gasteiger partial charge on any atom is -0.482 e. The van der Waals surface area contributed by atoms with E-state index in [2.05, 4.69) is 0 Å². The van der Waals surface area contributed by atoms with Crippen molar-refractivity contribution < 1.29 is 9.53 Å². The first-order valence-corrected chi connectivity index (χ1v) is 7.43. The third kappa shape index (κ3) is 3.50. The lowest BCUT2D eigenvalue weighted by Gasteiger charge is -2.23. The Morgan fingerprint density at radius 2 is 2.00 bits per heavy atom. The molecular weight excluding hydrogens is 323 g/mol. The number of rotatable bonds is 4. The Morgan fingerprint density at radius 3 is 2.70 bits per heavy atom. The highest BCUT2D eigenvalue weighted by Gasteiger charge is 2.27. The van der Waals surface area contributed by atoms with Crippen LogP contribution in [0.3, 0.4) is 0 Å². The Labute approximate surface area is 132 Å². The van der Waals surface area contributed by atoms with Crippen LogP contribution in [0.25, 0.3) is 0 Å². The lowest BCUT2D eigenvalue weighted by Crippen LogP contribution is -2.42. The summed E-state index contributed by atoms with van der Waals surface area (Å²) in [5.74, 6) is 0.248. The summed E-state index contributed by atoms with van der Waals surface area (Å²) in [6.07, 6.45) is 1.91. The third-order valence-corrected chi connectivity index (χ3v) is 4.31. The highest BCUT2D eigenvalue weighted by Crippen LogP contribution is 2.33. The molecule has 20 heavy (non-hydrogen) atoms. The van der Waals surface area contributed by atoms with Gasteiger partial charge >= 0.3 is 0 Å². The normalized spacial score (nSPS) is 18.4. The molecule has 1 fully saturated rings. The molecule has 0 spiro atoms. The van der Waals surface area contributed by atoms with Gasteiger partial charge in [-0.15, -0.1) is 0 Å². The van der Waals surface area contributed by atoms with E-state index < -0.39 is 0 Å². The Balaban J connectivity index is 1.98. The lowest BCUT2D eigenvalue weighted by molar-refractivity contribution is -0.134. The van der Waals surface area contributed by atoms with Gasteiger partial charge in [-0.25, -0.2) is 0 Å². The summed E-state index contributed by atoms with van der Waals surface area (Å²) >= 11 is 17.7. The summed E-state index contributed by atoms with van der Waals surface area (Å²) in [6, 6.07) is 3.10. The fourth-order valence-electron chi connectivity index (χ4n) is 2.25. The van der Waals surface area contributed by atoms with Crippen LogP contribution < -0.4 is 10.5 Å². The number of carbonyl (C=O) groups is 1. The van der Waals surface area contributed by atoms with Gasteiger partial charge < -0.3 is 15.4 Å². The van der Waals surface area contributed by atoms with Crippen molar-refractivity contribution in [2.75, 3.05) is 19.7 Å². The first-order valence-electron chi connectivity index (χ1n) is 6.29. The molecule has 1 saturated heterocycles. The van der Waals surface area contributed by atoms with Gasteiger partial charge in [-0.3, -0.25) is 4.79 Å². The zero-order chi connectivity index (χ0) is 14.7. The molecule has 7 heteroatoms. The number of nitrogens with two attached hydrogens (primary N) is 1. The van der Waals surface area contributed by atoms with Crippen molar-refractivity contribution in [1.29, 1.82) is 0 Å². The molecule has 0 bridgehead atoms. The van der Waals surface area contributed by atoms with Crippen LogP contribution in [0, 0.1) is 0 Å². The van der Waals surface area contributed by atoms with Crippen LogP contribution in [0.4, 0.5) is 0 Å². The average molecular weight is 338 g/mol. The molecule has 1 atom stereocenters. The Morgan fingerprint density at radius 1 is 1.30 bits per heavy atom. The molecule has 0 saturated carbocycles. The number of ether oxygens (including phenoxy) is 1. The molecule has 2 rings (SSSR count). The van der Waals surface area contributed by atoms with Crippen molar-refractivity contribution in [2.24, 2.45) is 5.73 Å². The van der Waals surface area contributed by atoms with Gasteiger partial charge in [0.2, 0.25) is 0 Å². The van der Waals surface area contributed by atoms with E-state index in [1.54, 1.807) is 4.90 Å². The number of halogens is 3. The van der Waals surface area contributed by atoms with Gasteiger partial charge in [0.05, 0.1) is 15.1 Å². The summed E-state index contributed by atoms with van der Waals surface area (Å²) in [7, 11) is 0. The first kappa shape index (κ1) is 15.7. The zero-order valence-corrected chi connectivity index (χ0v) is 13.0. The summed E-state index contributed by atoms with van der Waals surface area (Å²) in [6.45, 7) is 1.10. The van der Waals surface area contributed by atoms with Gasteiger partial charge in [0.1, 0.15) is 5.75 Å². The summed E-state index contributed by atoms with van der Waals surface area (Å²) in [4.78, 5) is 13.8. The number of hydrogen-bond donors (Lipinski definition) is 1. The quantitative estimate of drug-likeness (QED) is 0.859. The predicted octanol–water partition coefficient (Wildman–Crippen LogP) is 2.98. The minimum absolute atomic E-state index is 0.0891. The van der Waals surface area contributed by atoms with E-state index in [1.807, 2.05) is 0 Å². The molecule has 4 nitrogen and oxygen atoms in total. The number of hydrogen-bond acceptors (Lipinski definition) is 3. The van der Waals surface area contributed by atoms with Crippen molar-refractivity contribution in [1.82, 2.24) is 4.90 Å². The van der Waals surface area contributed by atoms with Crippen LogP contribution in [-0.2, 0) is 4.79 Å². The highest BCUT2D eigenvalue weighted by molar-refractivity contribution is 6.43. The van der Waals surface area contributed by atoms with Crippen molar-refractivity contribution >= 4 is 40.7 Å². The number of benzene rings is 1. The summed E-state index contributed by atoms with van der Waals surface area (Å²) in [5.41, 5.74) is 5.64. The van der Waals surface area contributed by atoms with Crippen molar-refractivity contribution in [3.8, 4) is 5.75 Å². The molecular formula is C13H15Cl3N2O2. The molecule has 1 unspecified atom stereocenters. The maximum Gasteiger partial charge on any atom is 0.260 e. The molecule has 1 amide bonds. The fraction of sp³-hybridized carbons (Fsp3) is 0.462. The van der Waals surface area contributed by atoms with E-state index in [0.29, 0.717) is 27.4 Å². The average Bonchev–Trinajstić information content (AvgIpc) is 2.89. The molecule has 0 aromatic heterocycles. The summed E-state index contributed by atoms with van der Waals surface area (Å²) < 4.78 is 5.43. The molecule has 110 valence electrons. The van der Waals surface area contributed by atoms with E-state index in [1.165, 1.54) is 12.1 Å². The number of amides is 1. The maximum atomic E-state index is 12.1. The molecule has 1 aliphatic rings. The first-order chi connectivity index (χ1) is 9.52. The van der Waals surface area contributed by atoms with Gasteiger partial charge in [0, 0.05) is 25.2 Å². The van der Waals surface area contributed by atoms with Crippen LogP contribution in [0.15, 0.2) is 12.1 Å². The minimum atomic E-state index is -0.0971. The second kappa shape index (κ2) is 6.85. The van der Waals surface area contributed by atoms with Crippen molar-refractivity contribution in [3.63, 3.8) is 0 Å². The number of carbonyl (C=O) groups excluding carboxylic acids is 1. The molecule has 1 heterocycles. The van der Waals surface area contributed by atoms with Crippen LogP contribution in [0.1, 0.15) is 12.8 Å². The largest absolute Gasteiger partial charge is 0.482 e.